The zero-order valence-electron chi connectivity index (χ0n) is 15.5. The number of benzene rings is 2. The van der Waals surface area contributed by atoms with E-state index in [9.17, 15) is 9.59 Å². The lowest BCUT2D eigenvalue weighted by Crippen LogP contribution is -2.45. The number of hydrogen-bond donors (Lipinski definition) is 0. The Morgan fingerprint density at radius 2 is 1.54 bits per heavy atom. The number of hydrogen-bond acceptors (Lipinski definition) is 6. The van der Waals surface area contributed by atoms with E-state index in [4.69, 9.17) is 18.9 Å². The zero-order chi connectivity index (χ0) is 20.1. The third-order valence-corrected chi connectivity index (χ3v) is 4.50. The molecule has 0 radical (unpaired) electrons. The van der Waals surface area contributed by atoms with Gasteiger partial charge in [-0.3, -0.25) is 0 Å². The van der Waals surface area contributed by atoms with E-state index in [1.165, 1.54) is 14.0 Å². The molecule has 1 saturated heterocycles. The Kier molecular flexibility index (Phi) is 6.06. The first-order valence-corrected chi connectivity index (χ1v) is 8.79. The maximum Gasteiger partial charge on any atom is 0.338 e. The lowest BCUT2D eigenvalue weighted by Gasteiger charge is -2.26. The van der Waals surface area contributed by atoms with Gasteiger partial charge in [-0.15, -0.1) is 0 Å². The minimum Gasteiger partial charge on any atom is -0.459 e. The molecule has 1 heterocycles. The van der Waals surface area contributed by atoms with Crippen LogP contribution in [-0.2, 0) is 18.9 Å². The van der Waals surface area contributed by atoms with E-state index in [1.54, 1.807) is 60.7 Å². The molecule has 2 aromatic rings. The normalized spacial score (nSPS) is 26.6. The van der Waals surface area contributed by atoms with Crippen LogP contribution in [0.25, 0.3) is 0 Å². The molecule has 7 heteroatoms. The van der Waals surface area contributed by atoms with Crippen LogP contribution >= 0.6 is 0 Å². The van der Waals surface area contributed by atoms with Crippen LogP contribution in [0.3, 0.4) is 0 Å². The summed E-state index contributed by atoms with van der Waals surface area (Å²) >= 11 is 0. The van der Waals surface area contributed by atoms with E-state index >= 15 is 4.39 Å². The van der Waals surface area contributed by atoms with Gasteiger partial charge in [0.15, 0.2) is 18.1 Å². The average Bonchev–Trinajstić information content (AvgIpc) is 2.96. The molecule has 0 bridgehead atoms. The van der Waals surface area contributed by atoms with E-state index in [0.29, 0.717) is 5.56 Å². The second kappa shape index (κ2) is 8.50. The van der Waals surface area contributed by atoms with Crippen molar-refractivity contribution in [3.05, 3.63) is 71.8 Å². The maximum absolute atomic E-state index is 15.2. The highest BCUT2D eigenvalue weighted by molar-refractivity contribution is 5.90. The first kappa shape index (κ1) is 20.0. The molecule has 0 amide bonds. The molecule has 2 aromatic carbocycles. The highest BCUT2D eigenvalue weighted by Crippen LogP contribution is 2.37. The lowest BCUT2D eigenvalue weighted by molar-refractivity contribution is -0.164. The van der Waals surface area contributed by atoms with Crippen LogP contribution in [-0.4, -0.2) is 49.8 Å². The van der Waals surface area contributed by atoms with Crippen molar-refractivity contribution in [1.29, 1.82) is 0 Å². The Balaban J connectivity index is 1.72. The second-order valence-electron chi connectivity index (χ2n) is 6.55. The van der Waals surface area contributed by atoms with Crippen molar-refractivity contribution in [2.75, 3.05) is 13.7 Å². The van der Waals surface area contributed by atoms with Gasteiger partial charge >= 0.3 is 11.9 Å². The first-order chi connectivity index (χ1) is 13.4. The Bertz CT molecular complexity index is 808. The molecule has 1 aliphatic heterocycles. The first-order valence-electron chi connectivity index (χ1n) is 8.79. The summed E-state index contributed by atoms with van der Waals surface area (Å²) in [5.74, 6) is -1.28. The Morgan fingerprint density at radius 1 is 1.00 bits per heavy atom. The van der Waals surface area contributed by atoms with Gasteiger partial charge < -0.3 is 18.9 Å². The van der Waals surface area contributed by atoms with Gasteiger partial charge in [0.05, 0.1) is 11.1 Å². The fraction of sp³-hybridized carbons (Fsp3) is 0.333. The predicted octanol–water partition coefficient (Wildman–Crippen LogP) is 3.17. The second-order valence-corrected chi connectivity index (χ2v) is 6.55. The molecule has 1 aliphatic rings. The monoisotopic (exact) mass is 388 g/mol. The zero-order valence-corrected chi connectivity index (χ0v) is 15.5. The number of rotatable bonds is 6. The van der Waals surface area contributed by atoms with Crippen molar-refractivity contribution in [2.45, 2.75) is 31.1 Å². The van der Waals surface area contributed by atoms with Crippen molar-refractivity contribution in [2.24, 2.45) is 0 Å². The molecule has 1 unspecified atom stereocenters. The molecule has 4 atom stereocenters. The van der Waals surface area contributed by atoms with Gasteiger partial charge in [-0.05, 0) is 31.2 Å². The van der Waals surface area contributed by atoms with E-state index in [-0.39, 0.29) is 12.2 Å². The van der Waals surface area contributed by atoms with Crippen LogP contribution in [0.15, 0.2) is 60.7 Å². The number of carbonyl (C=O) groups is 2. The molecule has 148 valence electrons. The molecule has 0 aliphatic carbocycles. The molecular weight excluding hydrogens is 367 g/mol. The summed E-state index contributed by atoms with van der Waals surface area (Å²) in [4.78, 5) is 24.5. The number of halogens is 1. The standard InChI is InChI=1S/C21H21FO6/c1-21(22)17(28-19(24)15-11-7-4-8-12-15)16(27-20(21)25-2)13-26-18(23)14-9-5-3-6-10-14/h3-12,16-17,20H,13H2,1-2H3/t16-,17+,20-,21?/m1/s1. The van der Waals surface area contributed by atoms with E-state index in [2.05, 4.69) is 0 Å². The molecule has 28 heavy (non-hydrogen) atoms. The Morgan fingerprint density at radius 3 is 2.07 bits per heavy atom. The maximum atomic E-state index is 15.2. The van der Waals surface area contributed by atoms with Crippen LogP contribution in [0, 0.1) is 0 Å². The van der Waals surface area contributed by atoms with Crippen molar-refractivity contribution in [3.8, 4) is 0 Å². The van der Waals surface area contributed by atoms with Gasteiger partial charge in [0, 0.05) is 7.11 Å². The highest BCUT2D eigenvalue weighted by Gasteiger charge is 2.58. The molecule has 0 aromatic heterocycles. The van der Waals surface area contributed by atoms with Crippen molar-refractivity contribution in [3.63, 3.8) is 0 Å². The largest absolute Gasteiger partial charge is 0.459 e. The molecule has 0 spiro atoms. The fourth-order valence-corrected chi connectivity index (χ4v) is 3.04. The summed E-state index contributed by atoms with van der Waals surface area (Å²) in [7, 11) is 1.29. The van der Waals surface area contributed by atoms with Crippen molar-refractivity contribution >= 4 is 11.9 Å². The van der Waals surface area contributed by atoms with Gasteiger partial charge in [-0.1, -0.05) is 36.4 Å². The fourth-order valence-electron chi connectivity index (χ4n) is 3.04. The van der Waals surface area contributed by atoms with Crippen LogP contribution in [0.4, 0.5) is 4.39 Å². The van der Waals surface area contributed by atoms with Gasteiger partial charge in [0.1, 0.15) is 12.7 Å². The Hall–Kier alpha value is -2.77. The molecule has 1 fully saturated rings. The number of methoxy groups -OCH3 is 1. The summed E-state index contributed by atoms with van der Waals surface area (Å²) < 4.78 is 36.4. The van der Waals surface area contributed by atoms with Gasteiger partial charge in [-0.2, -0.15) is 0 Å². The van der Waals surface area contributed by atoms with Crippen LogP contribution in [0.1, 0.15) is 27.6 Å². The summed E-state index contributed by atoms with van der Waals surface area (Å²) in [6.07, 6.45) is -3.59. The summed E-state index contributed by atoms with van der Waals surface area (Å²) in [6, 6.07) is 16.6. The van der Waals surface area contributed by atoms with Crippen LogP contribution < -0.4 is 0 Å². The number of carbonyl (C=O) groups excluding carboxylic acids is 2. The predicted molar refractivity (Wildman–Crippen MR) is 97.6 cm³/mol. The van der Waals surface area contributed by atoms with Crippen LogP contribution in [0.5, 0.6) is 0 Å². The SMILES string of the molecule is CO[C@@H]1O[C@H](COC(=O)c2ccccc2)[C@H](OC(=O)c2ccccc2)C1(C)F. The van der Waals surface area contributed by atoms with Crippen molar-refractivity contribution < 1.29 is 32.9 Å². The molecule has 0 saturated carbocycles. The summed E-state index contributed by atoms with van der Waals surface area (Å²) in [5.41, 5.74) is -1.49. The van der Waals surface area contributed by atoms with Crippen molar-refractivity contribution in [1.82, 2.24) is 0 Å². The molecule has 0 N–H and O–H groups in total. The van der Waals surface area contributed by atoms with E-state index in [1.807, 2.05) is 0 Å². The quantitative estimate of drug-likeness (QED) is 0.708. The highest BCUT2D eigenvalue weighted by atomic mass is 19.1. The smallest absolute Gasteiger partial charge is 0.338 e. The van der Waals surface area contributed by atoms with Gasteiger partial charge in [0.25, 0.3) is 0 Å². The molecular formula is C21H21FO6. The number of esters is 2. The minimum absolute atomic E-state index is 0.277. The summed E-state index contributed by atoms with van der Waals surface area (Å²) in [5, 5.41) is 0. The number of ether oxygens (including phenoxy) is 4. The van der Waals surface area contributed by atoms with E-state index < -0.39 is 36.1 Å². The summed E-state index contributed by atoms with van der Waals surface area (Å²) in [6.45, 7) is 0.933. The third kappa shape index (κ3) is 4.21. The minimum atomic E-state index is -2.12. The topological polar surface area (TPSA) is 71.1 Å². The van der Waals surface area contributed by atoms with E-state index in [0.717, 1.165) is 0 Å². The molecule has 6 nitrogen and oxygen atoms in total. The third-order valence-electron chi connectivity index (χ3n) is 4.50. The Labute approximate surface area is 162 Å². The van der Waals surface area contributed by atoms with Crippen LogP contribution in [0.2, 0.25) is 0 Å². The lowest BCUT2D eigenvalue weighted by atomic mass is 9.99. The van der Waals surface area contributed by atoms with Gasteiger partial charge in [0.2, 0.25) is 0 Å². The average molecular weight is 388 g/mol. The van der Waals surface area contributed by atoms with Gasteiger partial charge in [-0.25, -0.2) is 14.0 Å². The number of alkyl halides is 1. The molecule has 3 rings (SSSR count).